The van der Waals surface area contributed by atoms with Crippen LogP contribution in [0, 0.1) is 12.7 Å². The zero-order valence-corrected chi connectivity index (χ0v) is 15.4. The van der Waals surface area contributed by atoms with Gasteiger partial charge >= 0.3 is 0 Å². The number of aryl methyl sites for hydroxylation is 1. The van der Waals surface area contributed by atoms with E-state index >= 15 is 0 Å². The lowest BCUT2D eigenvalue weighted by molar-refractivity contribution is -0.125. The van der Waals surface area contributed by atoms with Crippen molar-refractivity contribution in [2.24, 2.45) is 0 Å². The van der Waals surface area contributed by atoms with Crippen LogP contribution in [0.1, 0.15) is 30.5 Å². The van der Waals surface area contributed by atoms with Crippen LogP contribution in [0.3, 0.4) is 0 Å². The van der Waals surface area contributed by atoms with Crippen LogP contribution in [0.5, 0.6) is 0 Å². The minimum Gasteiger partial charge on any atom is -0.612 e. The number of ether oxygens (including phenoxy) is 1. The topological polar surface area (TPSA) is 49.4 Å². The second kappa shape index (κ2) is 6.32. The van der Waals surface area contributed by atoms with Gasteiger partial charge in [0.05, 0.1) is 5.57 Å². The first kappa shape index (κ1) is 17.7. The second-order valence-electron chi connectivity index (χ2n) is 6.59. The molecule has 0 spiro atoms. The van der Waals surface area contributed by atoms with Crippen molar-refractivity contribution < 1.29 is 18.5 Å². The molecule has 3 rings (SSSR count). The standard InChI is InChI=1S/C20H19FO3S/c1-12-10-14(8-9-16(12)25(4)23)18-17(19(22)20(2,3)24-18)13-6-5-7-15(21)11-13/h5-11H,1-4H3. The Balaban J connectivity index is 2.19. The quantitative estimate of drug-likeness (QED) is 0.776. The molecular formula is C20H19FO3S. The van der Waals surface area contributed by atoms with Crippen LogP contribution in [0.25, 0.3) is 11.3 Å². The van der Waals surface area contributed by atoms with Crippen molar-refractivity contribution in [2.75, 3.05) is 6.26 Å². The highest BCUT2D eigenvalue weighted by molar-refractivity contribution is 7.90. The fourth-order valence-electron chi connectivity index (χ4n) is 2.98. The summed E-state index contributed by atoms with van der Waals surface area (Å²) in [6, 6.07) is 11.3. The van der Waals surface area contributed by atoms with Gasteiger partial charge in [0.15, 0.2) is 10.5 Å². The third kappa shape index (κ3) is 3.22. The molecule has 0 radical (unpaired) electrons. The van der Waals surface area contributed by atoms with Gasteiger partial charge in [-0.05, 0) is 67.8 Å². The number of carbonyl (C=O) groups excluding carboxylic acids is 1. The third-order valence-corrected chi connectivity index (χ3v) is 5.30. The van der Waals surface area contributed by atoms with Gasteiger partial charge in [0.2, 0.25) is 5.78 Å². The number of rotatable bonds is 3. The summed E-state index contributed by atoms with van der Waals surface area (Å²) in [5.74, 6) is -0.166. The Labute approximate surface area is 149 Å². The van der Waals surface area contributed by atoms with Crippen molar-refractivity contribution in [3.63, 3.8) is 0 Å². The molecule has 0 aromatic heterocycles. The number of benzene rings is 2. The maximum Gasteiger partial charge on any atom is 0.210 e. The molecule has 0 saturated carbocycles. The van der Waals surface area contributed by atoms with E-state index in [1.807, 2.05) is 13.0 Å². The molecule has 5 heteroatoms. The maximum atomic E-state index is 13.7. The Morgan fingerprint density at radius 2 is 1.84 bits per heavy atom. The van der Waals surface area contributed by atoms with Gasteiger partial charge in [0, 0.05) is 11.1 Å². The van der Waals surface area contributed by atoms with Crippen LogP contribution in [0.15, 0.2) is 47.4 Å². The first-order chi connectivity index (χ1) is 11.7. The summed E-state index contributed by atoms with van der Waals surface area (Å²) in [5, 5.41) is 0. The van der Waals surface area contributed by atoms with Crippen LogP contribution >= 0.6 is 0 Å². The normalized spacial score (nSPS) is 17.6. The van der Waals surface area contributed by atoms with Crippen molar-refractivity contribution in [3.8, 4) is 0 Å². The Morgan fingerprint density at radius 3 is 2.44 bits per heavy atom. The number of hydrogen-bond donors (Lipinski definition) is 0. The molecule has 0 fully saturated rings. The molecule has 1 aliphatic heterocycles. The largest absolute Gasteiger partial charge is 0.612 e. The van der Waals surface area contributed by atoms with Gasteiger partial charge in [-0.1, -0.05) is 12.1 Å². The van der Waals surface area contributed by atoms with E-state index in [4.69, 9.17) is 4.74 Å². The lowest BCUT2D eigenvalue weighted by Crippen LogP contribution is -2.29. The van der Waals surface area contributed by atoms with Crippen molar-refractivity contribution in [3.05, 3.63) is 65.0 Å². The van der Waals surface area contributed by atoms with E-state index in [1.54, 1.807) is 44.4 Å². The number of halogens is 1. The summed E-state index contributed by atoms with van der Waals surface area (Å²) < 4.78 is 31.4. The van der Waals surface area contributed by atoms with Crippen molar-refractivity contribution in [2.45, 2.75) is 31.3 Å². The highest BCUT2D eigenvalue weighted by Crippen LogP contribution is 2.41. The molecule has 2 aromatic rings. The Morgan fingerprint density at radius 1 is 1.12 bits per heavy atom. The average molecular weight is 358 g/mol. The van der Waals surface area contributed by atoms with Gasteiger partial charge in [-0.15, -0.1) is 0 Å². The zero-order valence-electron chi connectivity index (χ0n) is 14.6. The number of Topliss-reactive ketones (excluding diaryl/α,β-unsaturated/α-hetero) is 1. The SMILES string of the molecule is Cc1cc(C2=C(c3cccc(F)c3)C(=O)C(C)(C)O2)ccc1[S+](C)[O-]. The van der Waals surface area contributed by atoms with Crippen LogP contribution in [0.4, 0.5) is 4.39 Å². The van der Waals surface area contributed by atoms with E-state index in [1.165, 1.54) is 12.1 Å². The Hall–Kier alpha value is -2.11. The first-order valence-electron chi connectivity index (χ1n) is 7.89. The molecule has 25 heavy (non-hydrogen) atoms. The van der Waals surface area contributed by atoms with Crippen LogP contribution < -0.4 is 0 Å². The second-order valence-corrected chi connectivity index (χ2v) is 7.94. The van der Waals surface area contributed by atoms with Crippen LogP contribution in [-0.2, 0) is 20.7 Å². The lowest BCUT2D eigenvalue weighted by atomic mass is 9.92. The van der Waals surface area contributed by atoms with E-state index in [9.17, 15) is 13.7 Å². The number of carbonyl (C=O) groups is 1. The molecule has 3 nitrogen and oxygen atoms in total. The Kier molecular flexibility index (Phi) is 4.47. The Bertz CT molecular complexity index is 884. The molecule has 1 aliphatic rings. The van der Waals surface area contributed by atoms with E-state index < -0.39 is 22.6 Å². The molecule has 0 amide bonds. The summed E-state index contributed by atoms with van der Waals surface area (Å²) in [4.78, 5) is 13.6. The van der Waals surface area contributed by atoms with E-state index in [-0.39, 0.29) is 5.78 Å². The average Bonchev–Trinajstić information content (AvgIpc) is 2.77. The number of hydrogen-bond acceptors (Lipinski definition) is 3. The zero-order chi connectivity index (χ0) is 18.4. The third-order valence-electron chi connectivity index (χ3n) is 4.22. The predicted octanol–water partition coefficient (Wildman–Crippen LogP) is 4.12. The van der Waals surface area contributed by atoms with Crippen LogP contribution in [0.2, 0.25) is 0 Å². The van der Waals surface area contributed by atoms with Gasteiger partial charge in [0.25, 0.3) is 0 Å². The summed E-state index contributed by atoms with van der Waals surface area (Å²) in [5.41, 5.74) is 1.41. The van der Waals surface area contributed by atoms with Gasteiger partial charge in [-0.2, -0.15) is 0 Å². The van der Waals surface area contributed by atoms with Crippen LogP contribution in [-0.4, -0.2) is 22.2 Å². The van der Waals surface area contributed by atoms with Crippen molar-refractivity contribution in [1.82, 2.24) is 0 Å². The fraction of sp³-hybridized carbons (Fsp3) is 0.250. The first-order valence-corrected chi connectivity index (χ1v) is 9.45. The molecule has 0 saturated heterocycles. The molecule has 2 aromatic carbocycles. The molecular weight excluding hydrogens is 339 g/mol. The minimum absolute atomic E-state index is 0.186. The summed E-state index contributed by atoms with van der Waals surface area (Å²) in [7, 11) is 0. The molecule has 130 valence electrons. The summed E-state index contributed by atoms with van der Waals surface area (Å²) in [6.45, 7) is 5.26. The highest BCUT2D eigenvalue weighted by Gasteiger charge is 2.43. The molecule has 1 heterocycles. The van der Waals surface area contributed by atoms with Crippen molar-refractivity contribution in [1.29, 1.82) is 0 Å². The number of ketones is 1. The monoisotopic (exact) mass is 358 g/mol. The molecule has 0 bridgehead atoms. The molecule has 1 atom stereocenters. The van der Waals surface area contributed by atoms with E-state index in [0.717, 1.165) is 10.5 Å². The van der Waals surface area contributed by atoms with E-state index in [0.29, 0.717) is 22.5 Å². The molecule has 1 unspecified atom stereocenters. The van der Waals surface area contributed by atoms with Gasteiger partial charge in [-0.25, -0.2) is 4.39 Å². The minimum atomic E-state index is -1.09. The summed E-state index contributed by atoms with van der Waals surface area (Å²) >= 11 is -1.09. The smallest absolute Gasteiger partial charge is 0.210 e. The molecule has 0 N–H and O–H groups in total. The lowest BCUT2D eigenvalue weighted by Gasteiger charge is -2.18. The predicted molar refractivity (Wildman–Crippen MR) is 96.9 cm³/mol. The van der Waals surface area contributed by atoms with Gasteiger partial charge in [0.1, 0.15) is 17.8 Å². The highest BCUT2D eigenvalue weighted by atomic mass is 32.2. The van der Waals surface area contributed by atoms with Gasteiger partial charge in [-0.3, -0.25) is 4.79 Å². The maximum absolute atomic E-state index is 13.7. The van der Waals surface area contributed by atoms with E-state index in [2.05, 4.69) is 0 Å². The van der Waals surface area contributed by atoms with Crippen molar-refractivity contribution >= 4 is 28.3 Å². The fourth-order valence-corrected chi connectivity index (χ4v) is 3.75. The molecule has 0 aliphatic carbocycles. The van der Waals surface area contributed by atoms with Gasteiger partial charge < -0.3 is 9.29 Å². The summed E-state index contributed by atoms with van der Waals surface area (Å²) in [6.07, 6.45) is 1.62.